The van der Waals surface area contributed by atoms with Crippen LogP contribution in [-0.4, -0.2) is 30.9 Å². The number of likely N-dealkylation sites (tertiary alicyclic amines) is 1. The van der Waals surface area contributed by atoms with E-state index in [0.29, 0.717) is 12.5 Å². The number of hydrogen-bond donors (Lipinski definition) is 1. The molecule has 1 aromatic carbocycles. The van der Waals surface area contributed by atoms with Crippen molar-refractivity contribution >= 4 is 12.4 Å². The van der Waals surface area contributed by atoms with Gasteiger partial charge < -0.3 is 10.5 Å². The fourth-order valence-electron chi connectivity index (χ4n) is 2.30. The lowest BCUT2D eigenvalue weighted by Crippen LogP contribution is -2.22. The smallest absolute Gasteiger partial charge is 0.406 e. The molecule has 3 nitrogen and oxygen atoms in total. The number of ether oxygens (including phenoxy) is 1. The van der Waals surface area contributed by atoms with Crippen LogP contribution in [0.5, 0.6) is 5.75 Å². The van der Waals surface area contributed by atoms with Crippen LogP contribution >= 0.6 is 12.4 Å². The molecule has 1 aliphatic heterocycles. The van der Waals surface area contributed by atoms with Gasteiger partial charge in [-0.1, -0.05) is 12.1 Å². The molecule has 1 heterocycles. The molecule has 1 aliphatic rings. The van der Waals surface area contributed by atoms with E-state index in [1.807, 2.05) is 0 Å². The zero-order chi connectivity index (χ0) is 13.9. The largest absolute Gasteiger partial charge is 0.573 e. The Bertz CT molecular complexity index is 411. The van der Waals surface area contributed by atoms with Gasteiger partial charge in [0.2, 0.25) is 0 Å². The molecule has 1 atom stereocenters. The highest BCUT2D eigenvalue weighted by atomic mass is 35.5. The van der Waals surface area contributed by atoms with E-state index in [1.54, 1.807) is 12.1 Å². The van der Waals surface area contributed by atoms with Gasteiger partial charge in [-0.3, -0.25) is 4.90 Å². The molecular weight excluding hydrogens is 293 g/mol. The Hall–Kier alpha value is -0.980. The Balaban J connectivity index is 0.00000200. The molecule has 0 aliphatic carbocycles. The van der Waals surface area contributed by atoms with Crippen LogP contribution in [0.3, 0.4) is 0 Å². The summed E-state index contributed by atoms with van der Waals surface area (Å²) in [4.78, 5) is 2.26. The van der Waals surface area contributed by atoms with Crippen molar-refractivity contribution in [1.82, 2.24) is 4.90 Å². The van der Waals surface area contributed by atoms with Gasteiger partial charge >= 0.3 is 6.36 Å². The average molecular weight is 311 g/mol. The van der Waals surface area contributed by atoms with Crippen LogP contribution in [0.4, 0.5) is 13.2 Å². The number of nitrogens with two attached hydrogens (primary N) is 1. The van der Waals surface area contributed by atoms with E-state index in [9.17, 15) is 13.2 Å². The number of alkyl halides is 3. The second-order valence-electron chi connectivity index (χ2n) is 4.82. The molecule has 0 bridgehead atoms. The first-order valence-corrected chi connectivity index (χ1v) is 6.23. The third-order valence-electron chi connectivity index (χ3n) is 3.27. The van der Waals surface area contributed by atoms with E-state index in [-0.39, 0.29) is 18.2 Å². The summed E-state index contributed by atoms with van der Waals surface area (Å²) in [5.74, 6) is 0.352. The topological polar surface area (TPSA) is 38.5 Å². The normalized spacial score (nSPS) is 19.7. The third-order valence-corrected chi connectivity index (χ3v) is 3.27. The molecule has 0 aromatic heterocycles. The monoisotopic (exact) mass is 310 g/mol. The molecule has 1 aromatic rings. The lowest BCUT2D eigenvalue weighted by atomic mass is 10.1. The quantitative estimate of drug-likeness (QED) is 0.929. The molecule has 0 amide bonds. The molecule has 0 radical (unpaired) electrons. The summed E-state index contributed by atoms with van der Waals surface area (Å²) >= 11 is 0. The Morgan fingerprint density at radius 2 is 1.90 bits per heavy atom. The minimum atomic E-state index is -4.63. The number of benzene rings is 1. The number of hydrogen-bond acceptors (Lipinski definition) is 3. The Morgan fingerprint density at radius 3 is 2.40 bits per heavy atom. The van der Waals surface area contributed by atoms with Crippen molar-refractivity contribution in [2.45, 2.75) is 19.3 Å². The third kappa shape index (κ3) is 5.19. The fourth-order valence-corrected chi connectivity index (χ4v) is 2.30. The minimum Gasteiger partial charge on any atom is -0.406 e. The van der Waals surface area contributed by atoms with Crippen LogP contribution < -0.4 is 10.5 Å². The molecular formula is C13H18ClF3N2O. The summed E-state index contributed by atoms with van der Waals surface area (Å²) in [6.07, 6.45) is -3.55. The highest BCUT2D eigenvalue weighted by molar-refractivity contribution is 5.85. The molecule has 1 saturated heterocycles. The van der Waals surface area contributed by atoms with Crippen LogP contribution in [0, 0.1) is 5.92 Å². The van der Waals surface area contributed by atoms with Crippen LogP contribution in [-0.2, 0) is 6.54 Å². The number of rotatable bonds is 4. The van der Waals surface area contributed by atoms with Crippen molar-refractivity contribution in [2.75, 3.05) is 19.6 Å². The molecule has 20 heavy (non-hydrogen) atoms. The van der Waals surface area contributed by atoms with Gasteiger partial charge in [-0.2, -0.15) is 0 Å². The van der Waals surface area contributed by atoms with Gasteiger partial charge in [-0.25, -0.2) is 0 Å². The standard InChI is InChI=1S/C13H17F3N2O.ClH/c14-13(15,16)19-12-3-1-10(2-4-12)8-18-6-5-11(7-17)9-18;/h1-4,11H,5-9,17H2;1H. The van der Waals surface area contributed by atoms with Crippen LogP contribution in [0.25, 0.3) is 0 Å². The molecule has 0 spiro atoms. The zero-order valence-corrected chi connectivity index (χ0v) is 11.7. The summed E-state index contributed by atoms with van der Waals surface area (Å²) in [5.41, 5.74) is 6.60. The summed E-state index contributed by atoms with van der Waals surface area (Å²) in [6, 6.07) is 6.02. The van der Waals surface area contributed by atoms with Crippen molar-refractivity contribution in [1.29, 1.82) is 0 Å². The first-order chi connectivity index (χ1) is 8.96. The van der Waals surface area contributed by atoms with Crippen LogP contribution in [0.2, 0.25) is 0 Å². The molecule has 7 heteroatoms. The molecule has 1 unspecified atom stereocenters. The van der Waals surface area contributed by atoms with E-state index in [0.717, 1.165) is 31.6 Å². The van der Waals surface area contributed by atoms with Crippen molar-refractivity contribution in [3.8, 4) is 5.75 Å². The number of halogens is 4. The average Bonchev–Trinajstić information content (AvgIpc) is 2.77. The van der Waals surface area contributed by atoms with E-state index in [4.69, 9.17) is 5.73 Å². The maximum atomic E-state index is 12.0. The lowest BCUT2D eigenvalue weighted by molar-refractivity contribution is -0.274. The highest BCUT2D eigenvalue weighted by Crippen LogP contribution is 2.24. The maximum Gasteiger partial charge on any atom is 0.573 e. The lowest BCUT2D eigenvalue weighted by Gasteiger charge is -2.16. The van der Waals surface area contributed by atoms with Gasteiger partial charge in [0.15, 0.2) is 0 Å². The Kier molecular flexibility index (Phi) is 6.10. The molecule has 114 valence electrons. The Labute approximate surface area is 122 Å². The molecule has 1 fully saturated rings. The first-order valence-electron chi connectivity index (χ1n) is 6.23. The molecule has 2 N–H and O–H groups in total. The van der Waals surface area contributed by atoms with Gasteiger partial charge in [-0.05, 0) is 43.1 Å². The summed E-state index contributed by atoms with van der Waals surface area (Å²) < 4.78 is 39.9. The predicted molar refractivity (Wildman–Crippen MR) is 72.8 cm³/mol. The second kappa shape index (κ2) is 7.15. The SMILES string of the molecule is Cl.NCC1CCN(Cc2ccc(OC(F)(F)F)cc2)C1. The van der Waals surface area contributed by atoms with Gasteiger partial charge in [0.05, 0.1) is 0 Å². The summed E-state index contributed by atoms with van der Waals surface area (Å²) in [5, 5.41) is 0. The van der Waals surface area contributed by atoms with Gasteiger partial charge in [-0.15, -0.1) is 25.6 Å². The van der Waals surface area contributed by atoms with E-state index in [2.05, 4.69) is 9.64 Å². The predicted octanol–water partition coefficient (Wildman–Crippen LogP) is 2.79. The first kappa shape index (κ1) is 17.1. The van der Waals surface area contributed by atoms with Crippen LogP contribution in [0.15, 0.2) is 24.3 Å². The van der Waals surface area contributed by atoms with Crippen molar-refractivity contribution in [2.24, 2.45) is 11.7 Å². The molecule has 2 rings (SSSR count). The van der Waals surface area contributed by atoms with Crippen LogP contribution in [0.1, 0.15) is 12.0 Å². The van der Waals surface area contributed by atoms with Gasteiger partial charge in [0, 0.05) is 13.1 Å². The van der Waals surface area contributed by atoms with Crippen molar-refractivity contribution < 1.29 is 17.9 Å². The minimum absolute atomic E-state index is 0. The second-order valence-corrected chi connectivity index (χ2v) is 4.82. The summed E-state index contributed by atoms with van der Waals surface area (Å²) in [7, 11) is 0. The highest BCUT2D eigenvalue weighted by Gasteiger charge is 2.31. The Morgan fingerprint density at radius 1 is 1.25 bits per heavy atom. The summed E-state index contributed by atoms with van der Waals surface area (Å²) in [6.45, 7) is 3.37. The fraction of sp³-hybridized carbons (Fsp3) is 0.538. The van der Waals surface area contributed by atoms with E-state index < -0.39 is 6.36 Å². The zero-order valence-electron chi connectivity index (χ0n) is 10.9. The maximum absolute atomic E-state index is 12.0. The van der Waals surface area contributed by atoms with Crippen molar-refractivity contribution in [3.05, 3.63) is 29.8 Å². The van der Waals surface area contributed by atoms with Crippen molar-refractivity contribution in [3.63, 3.8) is 0 Å². The van der Waals surface area contributed by atoms with E-state index >= 15 is 0 Å². The molecule has 0 saturated carbocycles. The van der Waals surface area contributed by atoms with Gasteiger partial charge in [0.25, 0.3) is 0 Å². The van der Waals surface area contributed by atoms with Gasteiger partial charge in [0.1, 0.15) is 5.75 Å². The number of nitrogens with zero attached hydrogens (tertiary/aromatic N) is 1. The van der Waals surface area contributed by atoms with E-state index in [1.165, 1.54) is 12.1 Å².